The Morgan fingerprint density at radius 1 is 1.44 bits per heavy atom. The quantitative estimate of drug-likeness (QED) is 0.848. The van der Waals surface area contributed by atoms with Gasteiger partial charge in [0.1, 0.15) is 0 Å². The Kier molecular flexibility index (Phi) is 4.72. The van der Waals surface area contributed by atoms with Crippen LogP contribution in [-0.2, 0) is 15.7 Å². The number of carbonyl (C=O) groups excluding carboxylic acids is 1. The number of benzene rings is 1. The number of aliphatic hydroxyl groups is 1. The lowest BCUT2D eigenvalue weighted by molar-refractivity contribution is -0.154. The van der Waals surface area contributed by atoms with Crippen LogP contribution in [0.2, 0.25) is 0 Å². The molecule has 0 aliphatic rings. The van der Waals surface area contributed by atoms with Gasteiger partial charge in [-0.15, -0.1) is 0 Å². The van der Waals surface area contributed by atoms with E-state index in [4.69, 9.17) is 0 Å². The van der Waals surface area contributed by atoms with E-state index < -0.39 is 23.8 Å². The Labute approximate surface area is 102 Å². The zero-order valence-corrected chi connectivity index (χ0v) is 9.70. The molecule has 0 amide bonds. The summed E-state index contributed by atoms with van der Waals surface area (Å²) in [5.41, 5.74) is -1.05. The predicted molar refractivity (Wildman–Crippen MR) is 57.7 cm³/mol. The number of carbonyl (C=O) groups is 1. The molecule has 0 fully saturated rings. The highest BCUT2D eigenvalue weighted by atomic mass is 19.4. The molecule has 1 N–H and O–H groups in total. The van der Waals surface area contributed by atoms with Crippen molar-refractivity contribution in [3.05, 3.63) is 35.4 Å². The van der Waals surface area contributed by atoms with Gasteiger partial charge in [-0.05, 0) is 24.1 Å². The molecule has 0 spiro atoms. The first-order valence-electron chi connectivity index (χ1n) is 5.38. The van der Waals surface area contributed by atoms with Crippen molar-refractivity contribution in [1.82, 2.24) is 0 Å². The van der Waals surface area contributed by atoms with E-state index in [-0.39, 0.29) is 12.2 Å². The highest BCUT2D eigenvalue weighted by Crippen LogP contribution is 2.30. The molecule has 0 heterocycles. The number of rotatable bonds is 4. The van der Waals surface area contributed by atoms with Crippen molar-refractivity contribution in [2.45, 2.75) is 25.6 Å². The molecule has 0 aliphatic heterocycles. The van der Waals surface area contributed by atoms with Gasteiger partial charge in [0.15, 0.2) is 6.10 Å². The fourth-order valence-electron chi connectivity index (χ4n) is 1.30. The zero-order valence-electron chi connectivity index (χ0n) is 9.70. The van der Waals surface area contributed by atoms with Crippen LogP contribution in [0, 0.1) is 0 Å². The molecule has 1 aromatic carbocycles. The lowest BCUT2D eigenvalue weighted by atomic mass is 10.1. The smallest absolute Gasteiger partial charge is 0.416 e. The lowest BCUT2D eigenvalue weighted by Crippen LogP contribution is -2.16. The van der Waals surface area contributed by atoms with Crippen LogP contribution in [0.3, 0.4) is 0 Å². The van der Waals surface area contributed by atoms with Gasteiger partial charge in [-0.3, -0.25) is 0 Å². The summed E-state index contributed by atoms with van der Waals surface area (Å²) in [6.45, 7) is 1.89. The Balaban J connectivity index is 2.86. The van der Waals surface area contributed by atoms with Crippen molar-refractivity contribution >= 4 is 5.97 Å². The molecule has 0 aliphatic carbocycles. The third-order valence-electron chi connectivity index (χ3n) is 2.20. The van der Waals surface area contributed by atoms with Crippen LogP contribution in [0.15, 0.2) is 24.3 Å². The summed E-state index contributed by atoms with van der Waals surface area (Å²) in [5, 5.41) is 9.56. The van der Waals surface area contributed by atoms with Crippen molar-refractivity contribution < 1.29 is 27.8 Å². The summed E-state index contributed by atoms with van der Waals surface area (Å²) in [7, 11) is 0. The van der Waals surface area contributed by atoms with Gasteiger partial charge in [0.05, 0.1) is 12.2 Å². The van der Waals surface area contributed by atoms with Crippen molar-refractivity contribution in [2.75, 3.05) is 6.61 Å². The molecule has 0 saturated heterocycles. The van der Waals surface area contributed by atoms with Gasteiger partial charge < -0.3 is 9.84 Å². The van der Waals surface area contributed by atoms with Crippen molar-refractivity contribution in [1.29, 1.82) is 0 Å². The Hall–Kier alpha value is -1.56. The fraction of sp³-hybridized carbons (Fsp3) is 0.417. The third kappa shape index (κ3) is 3.73. The first kappa shape index (κ1) is 14.5. The monoisotopic (exact) mass is 262 g/mol. The Bertz CT molecular complexity index is 415. The van der Waals surface area contributed by atoms with Crippen molar-refractivity contribution in [3.8, 4) is 0 Å². The molecule has 3 nitrogen and oxygen atoms in total. The van der Waals surface area contributed by atoms with Gasteiger partial charge in [0.2, 0.25) is 0 Å². The van der Waals surface area contributed by atoms with Gasteiger partial charge >= 0.3 is 12.1 Å². The first-order chi connectivity index (χ1) is 8.36. The van der Waals surface area contributed by atoms with Crippen LogP contribution in [0.1, 0.15) is 30.6 Å². The third-order valence-corrected chi connectivity index (χ3v) is 2.20. The van der Waals surface area contributed by atoms with Crippen LogP contribution < -0.4 is 0 Å². The van der Waals surface area contributed by atoms with E-state index in [0.29, 0.717) is 6.42 Å². The van der Waals surface area contributed by atoms with Crippen LogP contribution in [0.5, 0.6) is 0 Å². The van der Waals surface area contributed by atoms with Crippen LogP contribution in [0.25, 0.3) is 0 Å². The number of ether oxygens (including phenoxy) is 1. The van der Waals surface area contributed by atoms with Crippen molar-refractivity contribution in [2.24, 2.45) is 0 Å². The average Bonchev–Trinajstić information content (AvgIpc) is 2.34. The number of hydrogen-bond acceptors (Lipinski definition) is 3. The lowest BCUT2D eigenvalue weighted by Gasteiger charge is -2.13. The SMILES string of the molecule is CCCOC(=O)C(O)c1cccc(C(F)(F)F)c1. The second kappa shape index (κ2) is 5.86. The number of esters is 1. The summed E-state index contributed by atoms with van der Waals surface area (Å²) < 4.78 is 42.0. The van der Waals surface area contributed by atoms with E-state index in [2.05, 4.69) is 4.74 Å². The van der Waals surface area contributed by atoms with Crippen LogP contribution in [-0.4, -0.2) is 17.7 Å². The largest absolute Gasteiger partial charge is 0.464 e. The molecule has 18 heavy (non-hydrogen) atoms. The summed E-state index contributed by atoms with van der Waals surface area (Å²) >= 11 is 0. The van der Waals surface area contributed by atoms with Crippen LogP contribution >= 0.6 is 0 Å². The molecule has 1 unspecified atom stereocenters. The molecule has 0 saturated carbocycles. The maximum absolute atomic E-state index is 12.4. The second-order valence-electron chi connectivity index (χ2n) is 3.69. The summed E-state index contributed by atoms with van der Waals surface area (Å²) in [6.07, 6.45) is -5.64. The summed E-state index contributed by atoms with van der Waals surface area (Å²) in [6, 6.07) is 3.98. The Morgan fingerprint density at radius 3 is 2.67 bits per heavy atom. The van der Waals surface area contributed by atoms with Gasteiger partial charge in [-0.25, -0.2) is 4.79 Å². The number of alkyl halides is 3. The number of halogens is 3. The minimum atomic E-state index is -4.51. The zero-order chi connectivity index (χ0) is 13.8. The molecule has 100 valence electrons. The van der Waals surface area contributed by atoms with Gasteiger partial charge in [-0.2, -0.15) is 13.2 Å². The normalized spacial score (nSPS) is 13.2. The molecule has 0 bridgehead atoms. The first-order valence-corrected chi connectivity index (χ1v) is 5.38. The van der Waals surface area contributed by atoms with E-state index >= 15 is 0 Å². The second-order valence-corrected chi connectivity index (χ2v) is 3.69. The molecular formula is C12H13F3O3. The van der Waals surface area contributed by atoms with E-state index in [1.165, 1.54) is 6.07 Å². The maximum atomic E-state index is 12.4. The Morgan fingerprint density at radius 2 is 2.11 bits per heavy atom. The summed E-state index contributed by atoms with van der Waals surface area (Å²) in [4.78, 5) is 11.3. The maximum Gasteiger partial charge on any atom is 0.416 e. The molecule has 6 heteroatoms. The molecular weight excluding hydrogens is 249 g/mol. The van der Waals surface area contributed by atoms with Crippen molar-refractivity contribution in [3.63, 3.8) is 0 Å². The highest BCUT2D eigenvalue weighted by molar-refractivity contribution is 5.76. The highest BCUT2D eigenvalue weighted by Gasteiger charge is 2.31. The van der Waals surface area contributed by atoms with Crippen LogP contribution in [0.4, 0.5) is 13.2 Å². The number of hydrogen-bond donors (Lipinski definition) is 1. The molecule has 0 radical (unpaired) electrons. The molecule has 1 rings (SSSR count). The predicted octanol–water partition coefficient (Wildman–Crippen LogP) is 2.69. The summed E-state index contributed by atoms with van der Waals surface area (Å²) in [5.74, 6) is -0.948. The minimum absolute atomic E-state index is 0.120. The van der Waals surface area contributed by atoms with E-state index in [1.807, 2.05) is 0 Å². The molecule has 1 atom stereocenters. The average molecular weight is 262 g/mol. The van der Waals surface area contributed by atoms with E-state index in [9.17, 15) is 23.1 Å². The fourth-order valence-corrected chi connectivity index (χ4v) is 1.30. The minimum Gasteiger partial charge on any atom is -0.464 e. The standard InChI is InChI=1S/C12H13F3O3/c1-2-6-18-11(17)10(16)8-4-3-5-9(7-8)12(13,14)15/h3-5,7,10,16H,2,6H2,1H3. The number of aliphatic hydroxyl groups excluding tert-OH is 1. The molecule has 1 aromatic rings. The van der Waals surface area contributed by atoms with Gasteiger partial charge in [-0.1, -0.05) is 19.1 Å². The molecule has 0 aromatic heterocycles. The van der Waals surface area contributed by atoms with E-state index in [0.717, 1.165) is 18.2 Å². The van der Waals surface area contributed by atoms with Gasteiger partial charge in [0.25, 0.3) is 0 Å². The van der Waals surface area contributed by atoms with Gasteiger partial charge in [0, 0.05) is 0 Å². The van der Waals surface area contributed by atoms with E-state index in [1.54, 1.807) is 6.92 Å². The topological polar surface area (TPSA) is 46.5 Å².